The summed E-state index contributed by atoms with van der Waals surface area (Å²) in [7, 11) is 0. The molecule has 0 aliphatic heterocycles. The average Bonchev–Trinajstić information content (AvgIpc) is 3.77. The van der Waals surface area contributed by atoms with Crippen LogP contribution in [0.2, 0.25) is 0 Å². The lowest BCUT2D eigenvalue weighted by Gasteiger charge is -2.07. The summed E-state index contributed by atoms with van der Waals surface area (Å²) in [5, 5.41) is 5.45. The fourth-order valence-corrected chi connectivity index (χ4v) is 6.79. The number of aromatic nitrogens is 3. The molecule has 0 unspecified atom stereocenters. The van der Waals surface area contributed by atoms with E-state index in [0.717, 1.165) is 82.7 Å². The fraction of sp³-hybridized carbons (Fsp3) is 0. The molecule has 0 saturated carbocycles. The highest BCUT2D eigenvalue weighted by molar-refractivity contribution is 6.24. The van der Waals surface area contributed by atoms with Crippen LogP contribution in [0.4, 0.5) is 0 Å². The Bertz CT molecular complexity index is 2750. The third-order valence-corrected chi connectivity index (χ3v) is 8.82. The second kappa shape index (κ2) is 9.15. The molecule has 10 rings (SSSR count). The topological polar surface area (TPSA) is 57.0 Å². The molecule has 0 fully saturated rings. The number of furan rings is 2. The van der Waals surface area contributed by atoms with Gasteiger partial charge in [0.2, 0.25) is 0 Å². The van der Waals surface area contributed by atoms with Gasteiger partial charge in [0.25, 0.3) is 0 Å². The van der Waals surface area contributed by atoms with Gasteiger partial charge in [-0.3, -0.25) is 0 Å². The van der Waals surface area contributed by atoms with Gasteiger partial charge >= 0.3 is 0 Å². The minimum Gasteiger partial charge on any atom is -0.455 e. The first kappa shape index (κ1) is 24.3. The van der Waals surface area contributed by atoms with Gasteiger partial charge in [0.15, 0.2) is 11.4 Å². The van der Waals surface area contributed by atoms with Crippen molar-refractivity contribution in [1.29, 1.82) is 0 Å². The highest BCUT2D eigenvalue weighted by Gasteiger charge is 2.21. The maximum Gasteiger partial charge on any atom is 0.180 e. The summed E-state index contributed by atoms with van der Waals surface area (Å²) in [6.45, 7) is 0. The Morgan fingerprint density at radius 1 is 0.467 bits per heavy atom. The molecule has 0 saturated heterocycles. The second-order valence-corrected chi connectivity index (χ2v) is 11.4. The summed E-state index contributed by atoms with van der Waals surface area (Å²) >= 11 is 0. The monoisotopic (exact) mass is 577 g/mol. The molecule has 0 bridgehead atoms. The van der Waals surface area contributed by atoms with Crippen LogP contribution in [0, 0.1) is 0 Å². The van der Waals surface area contributed by atoms with Crippen molar-refractivity contribution >= 4 is 65.8 Å². The Morgan fingerprint density at radius 3 is 2.00 bits per heavy atom. The third-order valence-electron chi connectivity index (χ3n) is 8.82. The summed E-state index contributed by atoms with van der Waals surface area (Å²) in [6, 6.07) is 47.8. The van der Waals surface area contributed by atoms with Crippen molar-refractivity contribution in [1.82, 2.24) is 14.5 Å². The van der Waals surface area contributed by atoms with E-state index < -0.39 is 0 Å². The van der Waals surface area contributed by atoms with Crippen LogP contribution < -0.4 is 0 Å². The van der Waals surface area contributed by atoms with E-state index in [2.05, 4.69) is 83.4 Å². The smallest absolute Gasteiger partial charge is 0.180 e. The van der Waals surface area contributed by atoms with E-state index in [1.807, 2.05) is 60.7 Å². The third kappa shape index (κ3) is 3.49. The molecule has 4 aromatic heterocycles. The summed E-state index contributed by atoms with van der Waals surface area (Å²) in [6.07, 6.45) is 0. The fourth-order valence-electron chi connectivity index (χ4n) is 6.79. The molecular weight excluding hydrogens is 554 g/mol. The molecular formula is C40H23N3O2. The van der Waals surface area contributed by atoms with Crippen molar-refractivity contribution < 1.29 is 8.83 Å². The first-order chi connectivity index (χ1) is 22.3. The van der Waals surface area contributed by atoms with Crippen molar-refractivity contribution in [2.24, 2.45) is 0 Å². The molecule has 0 amide bonds. The predicted molar refractivity (Wildman–Crippen MR) is 182 cm³/mol. The minimum absolute atomic E-state index is 0.672. The number of para-hydroxylation sites is 2. The van der Waals surface area contributed by atoms with Crippen molar-refractivity contribution in [2.75, 3.05) is 0 Å². The van der Waals surface area contributed by atoms with Crippen LogP contribution >= 0.6 is 0 Å². The molecule has 45 heavy (non-hydrogen) atoms. The Balaban J connectivity index is 1.25. The Kier molecular flexibility index (Phi) is 4.93. The van der Waals surface area contributed by atoms with E-state index >= 15 is 0 Å². The normalized spacial score (nSPS) is 12.0. The Labute approximate surface area is 256 Å². The minimum atomic E-state index is 0.672. The lowest BCUT2D eigenvalue weighted by Crippen LogP contribution is -1.94. The van der Waals surface area contributed by atoms with Gasteiger partial charge in [-0.05, 0) is 36.4 Å². The van der Waals surface area contributed by atoms with Crippen LogP contribution in [0.1, 0.15) is 0 Å². The lowest BCUT2D eigenvalue weighted by atomic mass is 10.1. The van der Waals surface area contributed by atoms with Crippen molar-refractivity contribution in [3.63, 3.8) is 0 Å². The molecule has 0 radical (unpaired) electrons. The zero-order valence-corrected chi connectivity index (χ0v) is 23.9. The zero-order chi connectivity index (χ0) is 29.5. The molecule has 0 atom stereocenters. The van der Waals surface area contributed by atoms with E-state index in [9.17, 15) is 0 Å². The van der Waals surface area contributed by atoms with Crippen molar-refractivity contribution in [2.45, 2.75) is 0 Å². The molecule has 10 aromatic rings. The molecule has 0 N–H and O–H groups in total. The van der Waals surface area contributed by atoms with Gasteiger partial charge in [-0.1, -0.05) is 97.1 Å². The molecule has 210 valence electrons. The van der Waals surface area contributed by atoms with E-state index in [1.165, 1.54) is 0 Å². The first-order valence-corrected chi connectivity index (χ1v) is 15.0. The highest BCUT2D eigenvalue weighted by atomic mass is 16.3. The number of hydrogen-bond donors (Lipinski definition) is 0. The molecule has 4 heterocycles. The van der Waals surface area contributed by atoms with E-state index in [1.54, 1.807) is 0 Å². The molecule has 5 nitrogen and oxygen atoms in total. The van der Waals surface area contributed by atoms with Gasteiger partial charge < -0.3 is 13.4 Å². The predicted octanol–water partition coefficient (Wildman–Crippen LogP) is 10.7. The van der Waals surface area contributed by atoms with E-state index in [0.29, 0.717) is 11.4 Å². The SMILES string of the molecule is c1ccc(-c2nc(-c3ccccc3)c3oc4cc(-n5c6ccccc6c6c7oc8ccccc8c7ccc65)ccc4c3n2)cc1. The summed E-state index contributed by atoms with van der Waals surface area (Å²) in [5.74, 6) is 0.672. The van der Waals surface area contributed by atoms with Crippen LogP contribution in [-0.2, 0) is 0 Å². The molecule has 0 aliphatic rings. The van der Waals surface area contributed by atoms with E-state index in [4.69, 9.17) is 18.8 Å². The number of rotatable bonds is 3. The first-order valence-electron chi connectivity index (χ1n) is 15.0. The zero-order valence-electron chi connectivity index (χ0n) is 23.9. The van der Waals surface area contributed by atoms with Crippen molar-refractivity contribution in [3.8, 4) is 28.3 Å². The van der Waals surface area contributed by atoms with Crippen LogP contribution in [0.5, 0.6) is 0 Å². The average molecular weight is 578 g/mol. The van der Waals surface area contributed by atoms with Gasteiger partial charge in [0, 0.05) is 44.4 Å². The van der Waals surface area contributed by atoms with Gasteiger partial charge in [-0.2, -0.15) is 0 Å². The van der Waals surface area contributed by atoms with Gasteiger partial charge in [0.1, 0.15) is 28.0 Å². The number of hydrogen-bond acceptors (Lipinski definition) is 4. The lowest BCUT2D eigenvalue weighted by molar-refractivity contribution is 0.667. The standard InChI is InChI=1S/C40H23N3O2/c1-3-11-24(12-4-1)36-39-37(42-40(41-36)25-13-5-2-6-14-25)30-20-19-26(23-34(30)45-39)43-31-17-9-7-16-29(31)35-32(43)22-21-28-27-15-8-10-18-33(27)44-38(28)35/h1-23H. The Morgan fingerprint density at radius 2 is 1.16 bits per heavy atom. The summed E-state index contributed by atoms with van der Waals surface area (Å²) in [5.41, 5.74) is 9.95. The summed E-state index contributed by atoms with van der Waals surface area (Å²) < 4.78 is 15.4. The molecule has 0 aliphatic carbocycles. The number of nitrogens with zero attached hydrogens (tertiary/aromatic N) is 3. The van der Waals surface area contributed by atoms with Crippen LogP contribution in [0.3, 0.4) is 0 Å². The molecule has 0 spiro atoms. The van der Waals surface area contributed by atoms with Gasteiger partial charge in [0.05, 0.1) is 16.4 Å². The number of benzene rings is 6. The van der Waals surface area contributed by atoms with Crippen LogP contribution in [-0.4, -0.2) is 14.5 Å². The number of fused-ring (bicyclic) bond motifs is 10. The quantitative estimate of drug-likeness (QED) is 0.210. The molecule has 5 heteroatoms. The molecule has 6 aromatic carbocycles. The largest absolute Gasteiger partial charge is 0.455 e. The maximum absolute atomic E-state index is 6.64. The van der Waals surface area contributed by atoms with Crippen LogP contribution in [0.25, 0.3) is 94.1 Å². The van der Waals surface area contributed by atoms with Gasteiger partial charge in [-0.15, -0.1) is 0 Å². The summed E-state index contributed by atoms with van der Waals surface area (Å²) in [4.78, 5) is 10.1. The van der Waals surface area contributed by atoms with Crippen molar-refractivity contribution in [3.05, 3.63) is 140 Å². The van der Waals surface area contributed by atoms with E-state index in [-0.39, 0.29) is 0 Å². The Hall–Kier alpha value is -6.20. The van der Waals surface area contributed by atoms with Crippen LogP contribution in [0.15, 0.2) is 148 Å². The van der Waals surface area contributed by atoms with Gasteiger partial charge in [-0.25, -0.2) is 9.97 Å². The highest BCUT2D eigenvalue weighted by Crippen LogP contribution is 2.42. The second-order valence-electron chi connectivity index (χ2n) is 11.4. The maximum atomic E-state index is 6.64.